The number of carbonyl (C=O) groups is 1. The highest BCUT2D eigenvalue weighted by Crippen LogP contribution is 2.67. The zero-order valence-corrected chi connectivity index (χ0v) is 27.4. The summed E-state index contributed by atoms with van der Waals surface area (Å²) >= 11 is 3.48. The minimum absolute atomic E-state index is 0.0139. The summed E-state index contributed by atoms with van der Waals surface area (Å²) in [7, 11) is 0. The lowest BCUT2D eigenvalue weighted by molar-refractivity contribution is -0.0581. The van der Waals surface area contributed by atoms with Gasteiger partial charge in [0.25, 0.3) is 0 Å². The third kappa shape index (κ3) is 6.23. The van der Waals surface area contributed by atoms with E-state index in [2.05, 4.69) is 74.1 Å². The summed E-state index contributed by atoms with van der Waals surface area (Å²) in [5.41, 5.74) is 3.64. The Bertz CT molecular complexity index is 1050. The van der Waals surface area contributed by atoms with E-state index in [-0.39, 0.29) is 12.2 Å². The number of hydrogen-bond acceptors (Lipinski definition) is 2. The minimum atomic E-state index is -0.257. The maximum absolute atomic E-state index is 12.6. The van der Waals surface area contributed by atoms with E-state index in [0.717, 1.165) is 65.7 Å². The highest BCUT2D eigenvalue weighted by Gasteiger charge is 2.59. The number of halogens is 1. The third-order valence-corrected chi connectivity index (χ3v) is 12.7. The van der Waals surface area contributed by atoms with Gasteiger partial charge in [0.2, 0.25) is 0 Å². The highest BCUT2D eigenvalue weighted by atomic mass is 79.9. The molecule has 0 bridgehead atoms. The number of benzene rings is 1. The number of alkyl carbamates (subject to hydrolysis) is 1. The van der Waals surface area contributed by atoms with E-state index in [4.69, 9.17) is 4.74 Å². The van der Waals surface area contributed by atoms with Gasteiger partial charge in [-0.25, -0.2) is 4.79 Å². The summed E-state index contributed by atoms with van der Waals surface area (Å²) in [5.74, 6) is 5.15. The fourth-order valence-corrected chi connectivity index (χ4v) is 10.2. The van der Waals surface area contributed by atoms with Crippen molar-refractivity contribution in [1.82, 2.24) is 5.32 Å². The lowest BCUT2D eigenvalue weighted by Gasteiger charge is -2.58. The van der Waals surface area contributed by atoms with Crippen LogP contribution >= 0.6 is 15.9 Å². The molecule has 6 unspecified atom stereocenters. The molecule has 1 aromatic rings. The van der Waals surface area contributed by atoms with Crippen LogP contribution in [0.4, 0.5) is 4.79 Å². The topological polar surface area (TPSA) is 38.3 Å². The predicted octanol–water partition coefficient (Wildman–Crippen LogP) is 10.1. The van der Waals surface area contributed by atoms with Crippen molar-refractivity contribution in [1.29, 1.82) is 0 Å². The van der Waals surface area contributed by atoms with E-state index in [9.17, 15) is 4.79 Å². The van der Waals surface area contributed by atoms with E-state index >= 15 is 0 Å². The minimum Gasteiger partial charge on any atom is -0.446 e. The number of allylic oxidation sites excluding steroid dienone is 1. The van der Waals surface area contributed by atoms with Crippen molar-refractivity contribution in [3.8, 4) is 0 Å². The van der Waals surface area contributed by atoms with Gasteiger partial charge >= 0.3 is 6.09 Å². The fourth-order valence-electron chi connectivity index (χ4n) is 9.91. The van der Waals surface area contributed by atoms with Gasteiger partial charge in [0, 0.05) is 17.4 Å². The average Bonchev–Trinajstić information content (AvgIpc) is 3.27. The summed E-state index contributed by atoms with van der Waals surface area (Å²) in [6.45, 7) is 13.2. The number of rotatable bonds is 9. The zero-order chi connectivity index (χ0) is 28.5. The van der Waals surface area contributed by atoms with Crippen LogP contribution < -0.4 is 5.32 Å². The molecule has 3 saturated carbocycles. The van der Waals surface area contributed by atoms with E-state index < -0.39 is 0 Å². The maximum Gasteiger partial charge on any atom is 0.407 e. The molecule has 3 fully saturated rings. The Morgan fingerprint density at radius 3 is 2.55 bits per heavy atom. The SMILES string of the molecule is CC(C)CCC[C@@H](C)C1CCC2C3CC=C4C[C@H](OC(=O)NCCc5ccc(Br)cc5)CCC4(C)C3CCC21C. The largest absolute Gasteiger partial charge is 0.446 e. The lowest BCUT2D eigenvalue weighted by atomic mass is 9.47. The molecule has 222 valence electrons. The first kappa shape index (κ1) is 30.2. The summed E-state index contributed by atoms with van der Waals surface area (Å²) in [5, 5.41) is 2.99. The maximum atomic E-state index is 12.6. The molecule has 0 aliphatic heterocycles. The van der Waals surface area contributed by atoms with Gasteiger partial charge in [-0.3, -0.25) is 0 Å². The molecule has 0 saturated heterocycles. The van der Waals surface area contributed by atoms with Crippen LogP contribution in [0, 0.1) is 46.3 Å². The molecule has 0 aromatic heterocycles. The standard InChI is InChI=1S/C36H54BrNO2/c1-24(2)7-6-8-25(3)31-15-16-32-30-14-11-27-23-29(17-20-35(27,4)33(30)18-21-36(31,32)5)40-34(39)38-22-19-26-9-12-28(37)13-10-26/h9-13,24-25,29-33H,6-8,14-23H2,1-5H3,(H,38,39)/t25-,29-,30?,31?,32?,33?,35?,36?/m1/s1. The van der Waals surface area contributed by atoms with Crippen molar-refractivity contribution in [3.63, 3.8) is 0 Å². The Balaban J connectivity index is 1.15. The first-order valence-corrected chi connectivity index (χ1v) is 17.3. The van der Waals surface area contributed by atoms with Crippen molar-refractivity contribution < 1.29 is 9.53 Å². The van der Waals surface area contributed by atoms with Crippen LogP contribution in [0.25, 0.3) is 0 Å². The summed E-state index contributed by atoms with van der Waals surface area (Å²) in [6, 6.07) is 8.27. The summed E-state index contributed by atoms with van der Waals surface area (Å²) in [4.78, 5) is 12.6. The molecule has 1 amide bonds. The number of carbonyl (C=O) groups excluding carboxylic acids is 1. The van der Waals surface area contributed by atoms with Crippen molar-refractivity contribution in [2.24, 2.45) is 46.3 Å². The number of ether oxygens (including phenoxy) is 1. The van der Waals surface area contributed by atoms with Crippen LogP contribution in [0.15, 0.2) is 40.4 Å². The van der Waals surface area contributed by atoms with Crippen molar-refractivity contribution in [2.45, 2.75) is 118 Å². The molecule has 4 aliphatic rings. The molecular weight excluding hydrogens is 558 g/mol. The normalized spacial score (nSPS) is 35.8. The fraction of sp³-hybridized carbons (Fsp3) is 0.750. The quantitative estimate of drug-likeness (QED) is 0.282. The lowest BCUT2D eigenvalue weighted by Crippen LogP contribution is -2.51. The second-order valence-corrected chi connectivity index (χ2v) is 15.8. The molecule has 4 aliphatic carbocycles. The molecular formula is C36H54BrNO2. The Labute approximate surface area is 252 Å². The van der Waals surface area contributed by atoms with E-state index in [1.807, 2.05) is 12.1 Å². The highest BCUT2D eigenvalue weighted by molar-refractivity contribution is 9.10. The Kier molecular flexibility index (Phi) is 9.45. The number of amides is 1. The molecule has 0 radical (unpaired) electrons. The molecule has 1 N–H and O–H groups in total. The second-order valence-electron chi connectivity index (χ2n) is 14.9. The molecule has 0 spiro atoms. The van der Waals surface area contributed by atoms with Crippen LogP contribution in [0.1, 0.15) is 111 Å². The van der Waals surface area contributed by atoms with Gasteiger partial charge in [-0.15, -0.1) is 0 Å². The smallest absolute Gasteiger partial charge is 0.407 e. The zero-order valence-electron chi connectivity index (χ0n) is 25.8. The summed E-state index contributed by atoms with van der Waals surface area (Å²) < 4.78 is 7.03. The molecule has 5 rings (SSSR count). The molecule has 40 heavy (non-hydrogen) atoms. The van der Waals surface area contributed by atoms with Gasteiger partial charge in [-0.1, -0.05) is 93.6 Å². The van der Waals surface area contributed by atoms with Crippen LogP contribution in [0.2, 0.25) is 0 Å². The van der Waals surface area contributed by atoms with E-state index in [0.29, 0.717) is 17.4 Å². The van der Waals surface area contributed by atoms with Crippen molar-refractivity contribution in [3.05, 3.63) is 46.0 Å². The van der Waals surface area contributed by atoms with Gasteiger partial charge in [0.05, 0.1) is 0 Å². The van der Waals surface area contributed by atoms with Crippen molar-refractivity contribution in [2.75, 3.05) is 6.54 Å². The van der Waals surface area contributed by atoms with Gasteiger partial charge in [-0.05, 0) is 115 Å². The first-order chi connectivity index (χ1) is 19.1. The van der Waals surface area contributed by atoms with Gasteiger partial charge in [0.15, 0.2) is 0 Å². The number of hydrogen-bond donors (Lipinski definition) is 1. The predicted molar refractivity (Wildman–Crippen MR) is 169 cm³/mol. The second kappa shape index (κ2) is 12.5. The van der Waals surface area contributed by atoms with E-state index in [1.54, 1.807) is 5.57 Å². The average molecular weight is 613 g/mol. The van der Waals surface area contributed by atoms with Crippen LogP contribution in [0.5, 0.6) is 0 Å². The molecule has 3 nitrogen and oxygen atoms in total. The van der Waals surface area contributed by atoms with Gasteiger partial charge < -0.3 is 10.1 Å². The Morgan fingerprint density at radius 2 is 1.80 bits per heavy atom. The summed E-state index contributed by atoms with van der Waals surface area (Å²) in [6.07, 6.45) is 17.4. The third-order valence-electron chi connectivity index (χ3n) is 12.1. The van der Waals surface area contributed by atoms with E-state index in [1.165, 1.54) is 56.9 Å². The molecule has 8 atom stereocenters. The van der Waals surface area contributed by atoms with Crippen LogP contribution in [0.3, 0.4) is 0 Å². The van der Waals surface area contributed by atoms with Crippen LogP contribution in [-0.2, 0) is 11.2 Å². The van der Waals surface area contributed by atoms with Gasteiger partial charge in [-0.2, -0.15) is 0 Å². The van der Waals surface area contributed by atoms with Crippen LogP contribution in [-0.4, -0.2) is 18.7 Å². The van der Waals surface area contributed by atoms with Gasteiger partial charge in [0.1, 0.15) is 6.10 Å². The Morgan fingerprint density at radius 1 is 1.02 bits per heavy atom. The van der Waals surface area contributed by atoms with Crippen molar-refractivity contribution >= 4 is 22.0 Å². The monoisotopic (exact) mass is 611 g/mol. The Hall–Kier alpha value is -1.29. The molecule has 1 aromatic carbocycles. The first-order valence-electron chi connectivity index (χ1n) is 16.5. The number of fused-ring (bicyclic) bond motifs is 5. The molecule has 4 heteroatoms. The molecule has 0 heterocycles. The number of nitrogens with one attached hydrogen (secondary N) is 1.